The van der Waals surface area contributed by atoms with Gasteiger partial charge in [0.25, 0.3) is 0 Å². The van der Waals surface area contributed by atoms with Crippen LogP contribution in [0.4, 0.5) is 0 Å². The third-order valence-electron chi connectivity index (χ3n) is 3.14. The van der Waals surface area contributed by atoms with Crippen LogP contribution in [0.2, 0.25) is 0 Å². The van der Waals surface area contributed by atoms with E-state index in [-0.39, 0.29) is 24.0 Å². The van der Waals surface area contributed by atoms with E-state index in [1.165, 1.54) is 5.56 Å². The number of benzene rings is 1. The lowest BCUT2D eigenvalue weighted by Gasteiger charge is -2.15. The highest BCUT2D eigenvalue weighted by Gasteiger charge is 2.06. The van der Waals surface area contributed by atoms with Gasteiger partial charge < -0.3 is 10.6 Å². The Kier molecular flexibility index (Phi) is 6.44. The summed E-state index contributed by atoms with van der Waals surface area (Å²) in [6.45, 7) is 2.80. The van der Waals surface area contributed by atoms with E-state index < -0.39 is 0 Å². The second-order valence-electron chi connectivity index (χ2n) is 4.70. The molecule has 2 N–H and O–H groups in total. The van der Waals surface area contributed by atoms with Crippen LogP contribution in [0.25, 0.3) is 10.6 Å². The van der Waals surface area contributed by atoms with E-state index in [1.54, 1.807) is 11.3 Å². The Balaban J connectivity index is 0.00000161. The van der Waals surface area contributed by atoms with Crippen molar-refractivity contribution < 1.29 is 0 Å². The van der Waals surface area contributed by atoms with Gasteiger partial charge in [-0.3, -0.25) is 4.99 Å². The molecule has 6 heteroatoms. The summed E-state index contributed by atoms with van der Waals surface area (Å²) in [5, 5.41) is 9.81. The van der Waals surface area contributed by atoms with Crippen LogP contribution in [0.3, 0.4) is 0 Å². The number of hydrogen-bond acceptors (Lipinski definition) is 5. The Morgan fingerprint density at radius 2 is 2.10 bits per heavy atom. The summed E-state index contributed by atoms with van der Waals surface area (Å²) in [5.74, 6) is 0.926. The molecule has 0 atom stereocenters. The maximum atomic E-state index is 4.68. The highest BCUT2D eigenvalue weighted by atomic mass is 127. The van der Waals surface area contributed by atoms with Crippen LogP contribution in [0.15, 0.2) is 40.7 Å². The standard InChI is InChI=1S/C15H18N4S.HI/c1-2-5-12(6-3-1)14-19-13(11-20-14)7-10-18-15-16-8-4-9-17-15;/h1-3,5-6,11H,4,7-10H2,(H2,16,17,18);1H. The van der Waals surface area contributed by atoms with Gasteiger partial charge in [-0.05, 0) is 6.42 Å². The average Bonchev–Trinajstić information content (AvgIpc) is 2.98. The SMILES string of the molecule is I.c1ccc(-c2nc(CCNC3=NCCCN3)cs2)cc1. The predicted molar refractivity (Wildman–Crippen MR) is 99.6 cm³/mol. The summed E-state index contributed by atoms with van der Waals surface area (Å²) in [6.07, 6.45) is 2.04. The Bertz CT molecular complexity index is 582. The number of aliphatic imine (C=N–C) groups is 1. The molecule has 0 saturated heterocycles. The summed E-state index contributed by atoms with van der Waals surface area (Å²) in [4.78, 5) is 9.07. The third-order valence-corrected chi connectivity index (χ3v) is 4.08. The fourth-order valence-electron chi connectivity index (χ4n) is 2.10. The largest absolute Gasteiger partial charge is 0.356 e. The van der Waals surface area contributed by atoms with Gasteiger partial charge in [0.2, 0.25) is 0 Å². The van der Waals surface area contributed by atoms with Crippen molar-refractivity contribution in [3.63, 3.8) is 0 Å². The zero-order valence-corrected chi connectivity index (χ0v) is 14.9. The lowest BCUT2D eigenvalue weighted by molar-refractivity contribution is 0.698. The maximum Gasteiger partial charge on any atom is 0.191 e. The van der Waals surface area contributed by atoms with Gasteiger partial charge in [-0.15, -0.1) is 35.3 Å². The van der Waals surface area contributed by atoms with Gasteiger partial charge >= 0.3 is 0 Å². The molecule has 0 saturated carbocycles. The van der Waals surface area contributed by atoms with E-state index in [0.717, 1.165) is 49.1 Å². The number of nitrogens with one attached hydrogen (secondary N) is 2. The van der Waals surface area contributed by atoms with Gasteiger partial charge in [-0.1, -0.05) is 30.3 Å². The molecule has 21 heavy (non-hydrogen) atoms. The molecule has 1 aromatic carbocycles. The van der Waals surface area contributed by atoms with E-state index in [1.807, 2.05) is 18.2 Å². The highest BCUT2D eigenvalue weighted by molar-refractivity contribution is 14.0. The minimum Gasteiger partial charge on any atom is -0.356 e. The number of guanidine groups is 1. The molecule has 3 rings (SSSR count). The van der Waals surface area contributed by atoms with Gasteiger partial charge in [-0.25, -0.2) is 4.98 Å². The first kappa shape index (κ1) is 16.2. The second-order valence-corrected chi connectivity index (χ2v) is 5.56. The lowest BCUT2D eigenvalue weighted by atomic mass is 10.2. The van der Waals surface area contributed by atoms with Gasteiger partial charge in [-0.2, -0.15) is 0 Å². The summed E-state index contributed by atoms with van der Waals surface area (Å²) >= 11 is 1.70. The van der Waals surface area contributed by atoms with Crippen molar-refractivity contribution in [2.24, 2.45) is 4.99 Å². The smallest absolute Gasteiger partial charge is 0.191 e. The van der Waals surface area contributed by atoms with E-state index in [2.05, 4.69) is 38.1 Å². The molecule has 1 aliphatic heterocycles. The van der Waals surface area contributed by atoms with E-state index >= 15 is 0 Å². The quantitative estimate of drug-likeness (QED) is 0.757. The average molecular weight is 414 g/mol. The molecular formula is C15H19IN4S. The van der Waals surface area contributed by atoms with Gasteiger partial charge in [0, 0.05) is 37.0 Å². The third kappa shape index (κ3) is 4.67. The molecule has 0 amide bonds. The highest BCUT2D eigenvalue weighted by Crippen LogP contribution is 2.23. The Labute approximate surface area is 146 Å². The van der Waals surface area contributed by atoms with Crippen LogP contribution < -0.4 is 10.6 Å². The van der Waals surface area contributed by atoms with Crippen molar-refractivity contribution in [3.05, 3.63) is 41.4 Å². The zero-order valence-electron chi connectivity index (χ0n) is 11.7. The van der Waals surface area contributed by atoms with E-state index in [4.69, 9.17) is 0 Å². The first-order valence-electron chi connectivity index (χ1n) is 6.94. The normalized spacial score (nSPS) is 13.8. The molecule has 1 aliphatic rings. The van der Waals surface area contributed by atoms with Crippen molar-refractivity contribution >= 4 is 41.3 Å². The summed E-state index contributed by atoms with van der Waals surface area (Å²) in [7, 11) is 0. The number of rotatable bonds is 4. The molecule has 0 aliphatic carbocycles. The molecule has 0 unspecified atom stereocenters. The molecule has 0 spiro atoms. The minimum atomic E-state index is 0. The van der Waals surface area contributed by atoms with Crippen LogP contribution >= 0.6 is 35.3 Å². The van der Waals surface area contributed by atoms with Crippen molar-refractivity contribution in [2.75, 3.05) is 19.6 Å². The van der Waals surface area contributed by atoms with Crippen molar-refractivity contribution in [1.29, 1.82) is 0 Å². The fourth-order valence-corrected chi connectivity index (χ4v) is 2.96. The maximum absolute atomic E-state index is 4.68. The Morgan fingerprint density at radius 1 is 1.24 bits per heavy atom. The molecule has 2 heterocycles. The monoisotopic (exact) mass is 414 g/mol. The summed E-state index contributed by atoms with van der Waals surface area (Å²) in [5.41, 5.74) is 2.33. The minimum absolute atomic E-state index is 0. The fraction of sp³-hybridized carbons (Fsp3) is 0.333. The number of hydrogen-bond donors (Lipinski definition) is 2. The van der Waals surface area contributed by atoms with Gasteiger partial charge in [0.15, 0.2) is 5.96 Å². The van der Waals surface area contributed by atoms with E-state index in [9.17, 15) is 0 Å². The Morgan fingerprint density at radius 3 is 2.86 bits per heavy atom. The summed E-state index contributed by atoms with van der Waals surface area (Å²) < 4.78 is 0. The number of nitrogens with zero attached hydrogens (tertiary/aromatic N) is 2. The van der Waals surface area contributed by atoms with Gasteiger partial charge in [0.1, 0.15) is 5.01 Å². The molecule has 1 aromatic heterocycles. The van der Waals surface area contributed by atoms with Crippen molar-refractivity contribution in [1.82, 2.24) is 15.6 Å². The topological polar surface area (TPSA) is 49.3 Å². The molecular weight excluding hydrogens is 395 g/mol. The molecule has 4 nitrogen and oxygen atoms in total. The van der Waals surface area contributed by atoms with Crippen LogP contribution in [0.1, 0.15) is 12.1 Å². The number of aromatic nitrogens is 1. The predicted octanol–water partition coefficient (Wildman–Crippen LogP) is 2.91. The molecule has 2 aromatic rings. The molecule has 0 radical (unpaired) electrons. The van der Waals surface area contributed by atoms with Crippen molar-refractivity contribution in [3.8, 4) is 10.6 Å². The molecule has 112 valence electrons. The summed E-state index contributed by atoms with van der Waals surface area (Å²) in [6, 6.07) is 10.3. The van der Waals surface area contributed by atoms with Crippen LogP contribution in [-0.4, -0.2) is 30.6 Å². The number of thiazole rings is 1. The molecule has 0 bridgehead atoms. The number of halogens is 1. The van der Waals surface area contributed by atoms with E-state index in [0.29, 0.717) is 0 Å². The van der Waals surface area contributed by atoms with Crippen LogP contribution in [0, 0.1) is 0 Å². The van der Waals surface area contributed by atoms with Gasteiger partial charge in [0.05, 0.1) is 5.69 Å². The molecule has 0 fully saturated rings. The van der Waals surface area contributed by atoms with Crippen LogP contribution in [0.5, 0.6) is 0 Å². The van der Waals surface area contributed by atoms with Crippen molar-refractivity contribution in [2.45, 2.75) is 12.8 Å². The van der Waals surface area contributed by atoms with Crippen LogP contribution in [-0.2, 0) is 6.42 Å². The first-order valence-corrected chi connectivity index (χ1v) is 7.82. The lowest BCUT2D eigenvalue weighted by Crippen LogP contribution is -2.41. The zero-order chi connectivity index (χ0) is 13.6. The Hall–Kier alpha value is -1.15. The second kappa shape index (κ2) is 8.33. The first-order chi connectivity index (χ1) is 9.92.